The minimum Gasteiger partial charge on any atom is -0.376 e. The van der Waals surface area contributed by atoms with E-state index >= 15 is 0 Å². The SMILES string of the molecule is CCC(C)C1COC2CCCCC2N=C=NC2CCCCC2OC1. The van der Waals surface area contributed by atoms with Crippen LogP contribution < -0.4 is 0 Å². The highest BCUT2D eigenvalue weighted by atomic mass is 16.5. The minimum atomic E-state index is 0.245. The first kappa shape index (κ1) is 18.1. The molecule has 2 saturated carbocycles. The number of fused-ring (bicyclic) bond motifs is 2. The highest BCUT2D eigenvalue weighted by Gasteiger charge is 2.30. The summed E-state index contributed by atoms with van der Waals surface area (Å²) < 4.78 is 12.7. The predicted molar refractivity (Wildman–Crippen MR) is 96.8 cm³/mol. The van der Waals surface area contributed by atoms with E-state index in [4.69, 9.17) is 9.47 Å². The Morgan fingerprint density at radius 2 is 1.38 bits per heavy atom. The molecule has 3 aliphatic rings. The predicted octanol–water partition coefficient (Wildman–Crippen LogP) is 4.49. The van der Waals surface area contributed by atoms with Crippen molar-refractivity contribution in [3.05, 3.63) is 0 Å². The first-order chi connectivity index (χ1) is 11.8. The van der Waals surface area contributed by atoms with E-state index in [1.807, 2.05) is 0 Å². The second-order valence-electron chi connectivity index (χ2n) is 7.95. The fraction of sp³-hybridized carbons (Fsp3) is 0.950. The Balaban J connectivity index is 1.77. The van der Waals surface area contributed by atoms with Gasteiger partial charge in [0.2, 0.25) is 0 Å². The third-order valence-electron chi connectivity index (χ3n) is 6.28. The third-order valence-corrected chi connectivity index (χ3v) is 6.28. The van der Waals surface area contributed by atoms with Crippen molar-refractivity contribution in [2.45, 2.75) is 95.9 Å². The van der Waals surface area contributed by atoms with Crippen LogP contribution in [-0.2, 0) is 9.47 Å². The van der Waals surface area contributed by atoms with Crippen molar-refractivity contribution >= 4 is 6.01 Å². The summed E-state index contributed by atoms with van der Waals surface area (Å²) in [5, 5.41) is 0. The van der Waals surface area contributed by atoms with Gasteiger partial charge in [0.05, 0.1) is 43.5 Å². The number of ether oxygens (including phenoxy) is 2. The summed E-state index contributed by atoms with van der Waals surface area (Å²) in [5.41, 5.74) is 0. The van der Waals surface area contributed by atoms with Gasteiger partial charge in [-0.2, -0.15) is 0 Å². The fourth-order valence-corrected chi connectivity index (χ4v) is 4.22. The lowest BCUT2D eigenvalue weighted by Crippen LogP contribution is -2.37. The number of rotatable bonds is 2. The molecule has 1 aliphatic heterocycles. The summed E-state index contributed by atoms with van der Waals surface area (Å²) in [6.45, 7) is 6.21. The number of hydrogen-bond acceptors (Lipinski definition) is 4. The van der Waals surface area contributed by atoms with Crippen molar-refractivity contribution in [1.29, 1.82) is 0 Å². The Kier molecular flexibility index (Phi) is 6.88. The van der Waals surface area contributed by atoms with Gasteiger partial charge >= 0.3 is 0 Å². The minimum absolute atomic E-state index is 0.245. The molecule has 0 aromatic heterocycles. The maximum absolute atomic E-state index is 6.34. The average molecular weight is 335 g/mol. The van der Waals surface area contributed by atoms with E-state index in [2.05, 4.69) is 29.8 Å². The van der Waals surface area contributed by atoms with E-state index in [0.29, 0.717) is 11.8 Å². The molecule has 0 aromatic rings. The first-order valence-electron chi connectivity index (χ1n) is 10.2. The van der Waals surface area contributed by atoms with Crippen LogP contribution in [0, 0.1) is 11.8 Å². The number of aliphatic imine (C=N–C) groups is 2. The smallest absolute Gasteiger partial charge is 0.0900 e. The van der Waals surface area contributed by atoms with Crippen LogP contribution in [0.4, 0.5) is 0 Å². The number of nitrogens with zero attached hydrogens (tertiary/aromatic N) is 2. The van der Waals surface area contributed by atoms with E-state index in [0.717, 1.165) is 38.9 Å². The van der Waals surface area contributed by atoms with Gasteiger partial charge < -0.3 is 9.47 Å². The maximum atomic E-state index is 6.34. The summed E-state index contributed by atoms with van der Waals surface area (Å²) >= 11 is 0. The third kappa shape index (κ3) is 4.68. The molecule has 2 fully saturated rings. The molecule has 4 heteroatoms. The first-order valence-corrected chi connectivity index (χ1v) is 10.2. The zero-order valence-corrected chi connectivity index (χ0v) is 15.5. The second kappa shape index (κ2) is 9.12. The summed E-state index contributed by atoms with van der Waals surface area (Å²) in [4.78, 5) is 9.33. The van der Waals surface area contributed by atoms with Gasteiger partial charge in [-0.1, -0.05) is 46.0 Å². The average Bonchev–Trinajstić information content (AvgIpc) is 2.62. The zero-order valence-electron chi connectivity index (χ0n) is 15.5. The molecule has 5 atom stereocenters. The molecule has 136 valence electrons. The van der Waals surface area contributed by atoms with Crippen LogP contribution in [0.3, 0.4) is 0 Å². The standard InChI is InChI=1S/C20H34N2O2/c1-3-15(2)16-12-23-19-10-6-4-8-17(19)21-14-22-18-9-5-7-11-20(18)24-13-16/h15-20H,3-13H2,1-2H3. The molecule has 0 amide bonds. The maximum Gasteiger partial charge on any atom is 0.0900 e. The lowest BCUT2D eigenvalue weighted by molar-refractivity contribution is -0.0600. The van der Waals surface area contributed by atoms with Gasteiger partial charge in [-0.25, -0.2) is 9.98 Å². The summed E-state index contributed by atoms with van der Waals surface area (Å²) in [5.74, 6) is 1.11. The highest BCUT2D eigenvalue weighted by molar-refractivity contribution is 5.42. The van der Waals surface area contributed by atoms with Crippen molar-refractivity contribution in [2.24, 2.45) is 21.8 Å². The molecule has 0 spiro atoms. The molecule has 2 aliphatic carbocycles. The van der Waals surface area contributed by atoms with Gasteiger partial charge in [0.15, 0.2) is 0 Å². The molecule has 0 bridgehead atoms. The van der Waals surface area contributed by atoms with Crippen LogP contribution in [0.1, 0.15) is 71.6 Å². The van der Waals surface area contributed by atoms with Crippen LogP contribution in [0.15, 0.2) is 9.98 Å². The van der Waals surface area contributed by atoms with Gasteiger partial charge in [-0.15, -0.1) is 0 Å². The molecule has 24 heavy (non-hydrogen) atoms. The molecule has 3 rings (SSSR count). The van der Waals surface area contributed by atoms with E-state index < -0.39 is 0 Å². The molecule has 0 radical (unpaired) electrons. The Bertz CT molecular complexity index is 415. The van der Waals surface area contributed by atoms with Crippen LogP contribution in [-0.4, -0.2) is 43.5 Å². The fourth-order valence-electron chi connectivity index (χ4n) is 4.22. The molecule has 5 unspecified atom stereocenters. The van der Waals surface area contributed by atoms with Crippen molar-refractivity contribution in [2.75, 3.05) is 13.2 Å². The van der Waals surface area contributed by atoms with E-state index in [1.54, 1.807) is 0 Å². The van der Waals surface area contributed by atoms with Gasteiger partial charge in [-0.3, -0.25) is 0 Å². The zero-order chi connectivity index (χ0) is 16.8. The molecule has 1 heterocycles. The molecular formula is C20H34N2O2. The van der Waals surface area contributed by atoms with Crippen LogP contribution >= 0.6 is 0 Å². The lowest BCUT2D eigenvalue weighted by Gasteiger charge is -2.34. The Labute approximate surface area is 147 Å². The summed E-state index contributed by atoms with van der Waals surface area (Å²) in [6, 6.07) is 3.54. The van der Waals surface area contributed by atoms with Crippen molar-refractivity contribution in [1.82, 2.24) is 0 Å². The van der Waals surface area contributed by atoms with E-state index in [-0.39, 0.29) is 24.3 Å². The van der Waals surface area contributed by atoms with Gasteiger partial charge in [0.25, 0.3) is 0 Å². The van der Waals surface area contributed by atoms with Crippen LogP contribution in [0.25, 0.3) is 0 Å². The number of hydrogen-bond donors (Lipinski definition) is 0. The summed E-state index contributed by atoms with van der Waals surface area (Å²) in [7, 11) is 0. The molecule has 0 saturated heterocycles. The van der Waals surface area contributed by atoms with Crippen molar-refractivity contribution < 1.29 is 9.47 Å². The quantitative estimate of drug-likeness (QED) is 0.746. The van der Waals surface area contributed by atoms with Crippen molar-refractivity contribution in [3.63, 3.8) is 0 Å². The van der Waals surface area contributed by atoms with Crippen LogP contribution in [0.5, 0.6) is 0 Å². The Morgan fingerprint density at radius 3 is 1.88 bits per heavy atom. The van der Waals surface area contributed by atoms with E-state index in [9.17, 15) is 0 Å². The van der Waals surface area contributed by atoms with Gasteiger partial charge in [-0.05, 0) is 31.6 Å². The largest absolute Gasteiger partial charge is 0.376 e. The van der Waals surface area contributed by atoms with E-state index in [1.165, 1.54) is 32.1 Å². The topological polar surface area (TPSA) is 43.2 Å². The monoisotopic (exact) mass is 334 g/mol. The van der Waals surface area contributed by atoms with Crippen molar-refractivity contribution in [3.8, 4) is 0 Å². The molecular weight excluding hydrogens is 300 g/mol. The second-order valence-corrected chi connectivity index (χ2v) is 7.95. The molecule has 0 aromatic carbocycles. The Morgan fingerprint density at radius 1 is 0.875 bits per heavy atom. The summed E-state index contributed by atoms with van der Waals surface area (Å²) in [6.07, 6.45) is 11.1. The van der Waals surface area contributed by atoms with Gasteiger partial charge in [0, 0.05) is 5.92 Å². The van der Waals surface area contributed by atoms with Crippen LogP contribution in [0.2, 0.25) is 0 Å². The molecule has 4 nitrogen and oxygen atoms in total. The highest BCUT2D eigenvalue weighted by Crippen LogP contribution is 2.28. The molecule has 0 N–H and O–H groups in total. The normalized spacial score (nSPS) is 39.2. The Hall–Kier alpha value is -0.700. The lowest BCUT2D eigenvalue weighted by atomic mass is 9.90. The van der Waals surface area contributed by atoms with Gasteiger partial charge in [0.1, 0.15) is 0 Å².